The highest BCUT2D eigenvalue weighted by Gasteiger charge is 2.21. The molecule has 3 nitrogen and oxygen atoms in total. The molecular weight excluding hydrogens is 246 g/mol. The van der Waals surface area contributed by atoms with Crippen molar-refractivity contribution in [3.63, 3.8) is 0 Å². The highest BCUT2D eigenvalue weighted by Crippen LogP contribution is 2.19. The molecule has 0 aromatic rings. The molecule has 1 aliphatic heterocycles. The van der Waals surface area contributed by atoms with E-state index in [9.17, 15) is 5.26 Å². The van der Waals surface area contributed by atoms with Crippen LogP contribution in [0.3, 0.4) is 0 Å². The fraction of sp³-hybridized carbons (Fsp3) is 0.235. The fourth-order valence-electron chi connectivity index (χ4n) is 2.23. The van der Waals surface area contributed by atoms with Gasteiger partial charge in [-0.05, 0) is 18.6 Å². The maximum absolute atomic E-state index is 9.39. The number of nitrogens with two attached hydrogens (primary N) is 1. The monoisotopic (exact) mass is 265 g/mol. The summed E-state index contributed by atoms with van der Waals surface area (Å²) in [6, 6.07) is 2.47. The Hall–Kier alpha value is -2.31. The van der Waals surface area contributed by atoms with Crippen LogP contribution in [-0.2, 0) is 0 Å². The Kier molecular flexibility index (Phi) is 5.16. The number of allylic oxidation sites excluding steroid dienone is 11. The molecule has 20 heavy (non-hydrogen) atoms. The van der Waals surface area contributed by atoms with Crippen molar-refractivity contribution in [3.05, 3.63) is 72.0 Å². The molecule has 2 N–H and O–H groups in total. The van der Waals surface area contributed by atoms with Crippen molar-refractivity contribution in [3.8, 4) is 6.07 Å². The summed E-state index contributed by atoms with van der Waals surface area (Å²) in [7, 11) is 0. The Labute approximate surface area is 120 Å². The van der Waals surface area contributed by atoms with Gasteiger partial charge >= 0.3 is 0 Å². The number of hydrogen-bond donors (Lipinski definition) is 1. The number of nitriles is 1. The van der Waals surface area contributed by atoms with Gasteiger partial charge in [-0.3, -0.25) is 0 Å². The van der Waals surface area contributed by atoms with E-state index in [4.69, 9.17) is 5.73 Å². The van der Waals surface area contributed by atoms with Crippen LogP contribution in [0.4, 0.5) is 0 Å². The van der Waals surface area contributed by atoms with Crippen LogP contribution < -0.4 is 5.73 Å². The van der Waals surface area contributed by atoms with Gasteiger partial charge in [0.2, 0.25) is 0 Å². The first kappa shape index (κ1) is 14.1. The van der Waals surface area contributed by atoms with E-state index in [1.807, 2.05) is 60.8 Å². The smallest absolute Gasteiger partial charge is 0.101 e. The van der Waals surface area contributed by atoms with Gasteiger partial charge in [0.15, 0.2) is 0 Å². The molecule has 3 heteroatoms. The van der Waals surface area contributed by atoms with E-state index in [1.165, 1.54) is 0 Å². The molecule has 1 aliphatic carbocycles. The molecule has 0 amide bonds. The molecule has 1 saturated heterocycles. The summed E-state index contributed by atoms with van der Waals surface area (Å²) in [4.78, 5) is 2.18. The second-order valence-electron chi connectivity index (χ2n) is 4.78. The topological polar surface area (TPSA) is 53.0 Å². The maximum Gasteiger partial charge on any atom is 0.101 e. The van der Waals surface area contributed by atoms with Crippen LogP contribution in [-0.4, -0.2) is 24.0 Å². The number of hydrogen-bond acceptors (Lipinski definition) is 3. The number of nitrogens with zero attached hydrogens (tertiary/aromatic N) is 2. The molecule has 1 unspecified atom stereocenters. The van der Waals surface area contributed by atoms with E-state index >= 15 is 0 Å². The Morgan fingerprint density at radius 2 is 1.60 bits per heavy atom. The number of rotatable bonds is 1. The molecular formula is C17H19N3. The summed E-state index contributed by atoms with van der Waals surface area (Å²) in [5.41, 5.74) is 7.58. The van der Waals surface area contributed by atoms with E-state index in [0.717, 1.165) is 25.2 Å². The predicted molar refractivity (Wildman–Crippen MR) is 82.5 cm³/mol. The van der Waals surface area contributed by atoms with Crippen LogP contribution in [0.5, 0.6) is 0 Å². The van der Waals surface area contributed by atoms with Crippen LogP contribution in [0.2, 0.25) is 0 Å². The van der Waals surface area contributed by atoms with Crippen molar-refractivity contribution in [1.29, 1.82) is 5.26 Å². The van der Waals surface area contributed by atoms with Crippen LogP contribution in [0.25, 0.3) is 0 Å². The summed E-state index contributed by atoms with van der Waals surface area (Å²) in [5, 5.41) is 9.39. The van der Waals surface area contributed by atoms with Gasteiger partial charge < -0.3 is 10.6 Å². The molecule has 0 aromatic carbocycles. The lowest BCUT2D eigenvalue weighted by Crippen LogP contribution is -2.26. The van der Waals surface area contributed by atoms with Crippen LogP contribution >= 0.6 is 0 Å². The van der Waals surface area contributed by atoms with Crippen molar-refractivity contribution >= 4 is 0 Å². The van der Waals surface area contributed by atoms with E-state index in [-0.39, 0.29) is 6.04 Å². The SMILES string of the molecule is N#CC1=C(N2CCC(N)C2)C=CC=CC=CC=CC=C1. The summed E-state index contributed by atoms with van der Waals surface area (Å²) in [6.07, 6.45) is 20.3. The molecule has 0 aromatic heterocycles. The molecule has 0 saturated carbocycles. The lowest BCUT2D eigenvalue weighted by molar-refractivity contribution is 0.431. The fourth-order valence-corrected chi connectivity index (χ4v) is 2.23. The Bertz CT molecular complexity index is 553. The van der Waals surface area contributed by atoms with Gasteiger partial charge in [-0.2, -0.15) is 5.26 Å². The first-order valence-electron chi connectivity index (χ1n) is 6.81. The molecule has 2 rings (SSSR count). The zero-order valence-corrected chi connectivity index (χ0v) is 11.4. The normalized spacial score (nSPS) is 22.8. The number of likely N-dealkylation sites (tertiary alicyclic amines) is 1. The van der Waals surface area contributed by atoms with Gasteiger partial charge in [0, 0.05) is 19.1 Å². The van der Waals surface area contributed by atoms with Gasteiger partial charge in [-0.15, -0.1) is 0 Å². The third-order valence-corrected chi connectivity index (χ3v) is 3.26. The van der Waals surface area contributed by atoms with Gasteiger partial charge in [-0.25, -0.2) is 0 Å². The Morgan fingerprint density at radius 3 is 2.15 bits per heavy atom. The van der Waals surface area contributed by atoms with Crippen molar-refractivity contribution < 1.29 is 0 Å². The first-order chi connectivity index (χ1) is 9.81. The van der Waals surface area contributed by atoms with E-state index < -0.39 is 0 Å². The highest BCUT2D eigenvalue weighted by molar-refractivity contribution is 5.44. The summed E-state index contributed by atoms with van der Waals surface area (Å²) >= 11 is 0. The molecule has 0 bridgehead atoms. The van der Waals surface area contributed by atoms with Crippen molar-refractivity contribution in [1.82, 2.24) is 4.90 Å². The molecule has 0 radical (unpaired) electrons. The minimum absolute atomic E-state index is 0.194. The average molecular weight is 265 g/mol. The van der Waals surface area contributed by atoms with Crippen molar-refractivity contribution in [2.45, 2.75) is 12.5 Å². The highest BCUT2D eigenvalue weighted by atomic mass is 15.2. The third kappa shape index (κ3) is 3.84. The van der Waals surface area contributed by atoms with Gasteiger partial charge in [0.25, 0.3) is 0 Å². The largest absolute Gasteiger partial charge is 0.369 e. The molecule has 1 atom stereocenters. The van der Waals surface area contributed by atoms with Crippen molar-refractivity contribution in [2.24, 2.45) is 5.73 Å². The van der Waals surface area contributed by atoms with Crippen LogP contribution in [0.1, 0.15) is 6.42 Å². The Morgan fingerprint density at radius 1 is 1.00 bits per heavy atom. The van der Waals surface area contributed by atoms with Gasteiger partial charge in [0.1, 0.15) is 6.07 Å². The van der Waals surface area contributed by atoms with E-state index in [0.29, 0.717) is 5.57 Å². The molecule has 1 heterocycles. The van der Waals surface area contributed by atoms with E-state index in [1.54, 1.807) is 0 Å². The van der Waals surface area contributed by atoms with Gasteiger partial charge in [-0.1, -0.05) is 48.6 Å². The third-order valence-electron chi connectivity index (χ3n) is 3.26. The minimum atomic E-state index is 0.194. The lowest BCUT2D eigenvalue weighted by atomic mass is 10.1. The second-order valence-corrected chi connectivity index (χ2v) is 4.78. The summed E-state index contributed by atoms with van der Waals surface area (Å²) < 4.78 is 0. The lowest BCUT2D eigenvalue weighted by Gasteiger charge is -2.20. The van der Waals surface area contributed by atoms with Crippen LogP contribution in [0.15, 0.2) is 72.0 Å². The standard InChI is InChI=1S/C17H19N3/c18-13-15-9-7-5-3-1-2-4-6-8-10-17(15)20-12-11-16(19)14-20/h1-10,16H,11-12,14,19H2. The molecule has 2 aliphatic rings. The van der Waals surface area contributed by atoms with Crippen molar-refractivity contribution in [2.75, 3.05) is 13.1 Å². The zero-order valence-electron chi connectivity index (χ0n) is 11.4. The zero-order chi connectivity index (χ0) is 14.2. The van der Waals surface area contributed by atoms with Gasteiger partial charge in [0.05, 0.1) is 11.3 Å². The summed E-state index contributed by atoms with van der Waals surface area (Å²) in [6.45, 7) is 1.71. The average Bonchev–Trinajstić information content (AvgIpc) is 2.86. The Balaban J connectivity index is 2.36. The molecule has 1 fully saturated rings. The minimum Gasteiger partial charge on any atom is -0.369 e. The van der Waals surface area contributed by atoms with E-state index in [2.05, 4.69) is 11.0 Å². The quantitative estimate of drug-likeness (QED) is 0.793. The van der Waals surface area contributed by atoms with Crippen LogP contribution in [0, 0.1) is 11.3 Å². The first-order valence-corrected chi connectivity index (χ1v) is 6.81. The molecule has 0 spiro atoms. The maximum atomic E-state index is 9.39. The predicted octanol–water partition coefficient (Wildman–Crippen LogP) is 2.59. The second kappa shape index (κ2) is 7.32. The summed E-state index contributed by atoms with van der Waals surface area (Å²) in [5.74, 6) is 0. The molecule has 102 valence electrons.